The van der Waals surface area contributed by atoms with Gasteiger partial charge in [0.05, 0.1) is 0 Å². The summed E-state index contributed by atoms with van der Waals surface area (Å²) in [5.74, 6) is -0.702. The van der Waals surface area contributed by atoms with Gasteiger partial charge in [-0.1, -0.05) is 26.3 Å². The maximum Gasteiger partial charge on any atom is 0.323 e. The van der Waals surface area contributed by atoms with Gasteiger partial charge in [0.15, 0.2) is 0 Å². The highest BCUT2D eigenvalue weighted by atomic mass is 32.1. The first-order valence-electron chi connectivity index (χ1n) is 6.44. The third-order valence-corrected chi connectivity index (χ3v) is 4.70. The first-order chi connectivity index (χ1) is 8.44. The van der Waals surface area contributed by atoms with E-state index in [9.17, 15) is 9.90 Å². The zero-order chi connectivity index (χ0) is 13.2. The van der Waals surface area contributed by atoms with Crippen LogP contribution < -0.4 is 5.32 Å². The molecule has 0 saturated heterocycles. The first-order valence-corrected chi connectivity index (χ1v) is 7.32. The fraction of sp³-hybridized carbons (Fsp3) is 0.643. The molecule has 3 nitrogen and oxygen atoms in total. The molecule has 1 aliphatic rings. The van der Waals surface area contributed by atoms with E-state index in [1.165, 1.54) is 4.88 Å². The average molecular weight is 267 g/mol. The Hall–Kier alpha value is -0.870. The molecule has 0 aromatic carbocycles. The van der Waals surface area contributed by atoms with Gasteiger partial charge in [0.1, 0.15) is 5.54 Å². The van der Waals surface area contributed by atoms with Gasteiger partial charge in [-0.2, -0.15) is 0 Å². The van der Waals surface area contributed by atoms with Crippen molar-refractivity contribution in [2.45, 2.75) is 51.6 Å². The highest BCUT2D eigenvalue weighted by Crippen LogP contribution is 2.41. The van der Waals surface area contributed by atoms with Crippen molar-refractivity contribution in [2.75, 3.05) is 0 Å². The van der Waals surface area contributed by atoms with Crippen LogP contribution in [0.5, 0.6) is 0 Å². The summed E-state index contributed by atoms with van der Waals surface area (Å²) in [5, 5.41) is 14.9. The van der Waals surface area contributed by atoms with Crippen molar-refractivity contribution in [3.8, 4) is 0 Å². The Morgan fingerprint density at radius 3 is 2.83 bits per heavy atom. The number of thiophene rings is 1. The minimum absolute atomic E-state index is 0.110. The Kier molecular flexibility index (Phi) is 3.78. The normalized spacial score (nSPS) is 27.0. The molecule has 0 spiro atoms. The topological polar surface area (TPSA) is 49.3 Å². The zero-order valence-corrected chi connectivity index (χ0v) is 11.8. The van der Waals surface area contributed by atoms with Crippen LogP contribution in [0.4, 0.5) is 0 Å². The van der Waals surface area contributed by atoms with Crippen LogP contribution in [0.2, 0.25) is 0 Å². The van der Waals surface area contributed by atoms with Crippen LogP contribution in [-0.4, -0.2) is 16.6 Å². The molecule has 1 heterocycles. The maximum atomic E-state index is 11.7. The van der Waals surface area contributed by atoms with Crippen molar-refractivity contribution in [2.24, 2.45) is 5.41 Å². The third-order valence-electron chi connectivity index (χ3n) is 3.83. The number of hydrogen-bond donors (Lipinski definition) is 2. The lowest BCUT2D eigenvalue weighted by Crippen LogP contribution is -2.56. The Morgan fingerprint density at radius 2 is 2.28 bits per heavy atom. The predicted octanol–water partition coefficient (Wildman–Crippen LogP) is 3.26. The lowest BCUT2D eigenvalue weighted by molar-refractivity contribution is -0.148. The number of carboxylic acids is 1. The first kappa shape index (κ1) is 13.6. The van der Waals surface area contributed by atoms with E-state index in [2.05, 4.69) is 19.2 Å². The Labute approximate surface area is 112 Å². The van der Waals surface area contributed by atoms with Crippen molar-refractivity contribution >= 4 is 17.3 Å². The van der Waals surface area contributed by atoms with Gasteiger partial charge < -0.3 is 5.11 Å². The lowest BCUT2D eigenvalue weighted by atomic mass is 9.68. The van der Waals surface area contributed by atoms with Gasteiger partial charge in [0.25, 0.3) is 0 Å². The Morgan fingerprint density at radius 1 is 1.50 bits per heavy atom. The minimum atomic E-state index is -0.744. The molecule has 0 radical (unpaired) electrons. The van der Waals surface area contributed by atoms with Crippen molar-refractivity contribution in [3.63, 3.8) is 0 Å². The molecule has 0 aliphatic heterocycles. The summed E-state index contributed by atoms with van der Waals surface area (Å²) in [7, 11) is 0. The predicted molar refractivity (Wildman–Crippen MR) is 73.8 cm³/mol. The number of rotatable bonds is 4. The molecule has 1 unspecified atom stereocenters. The molecule has 2 N–H and O–H groups in total. The number of carbonyl (C=O) groups is 1. The van der Waals surface area contributed by atoms with Gasteiger partial charge in [-0.05, 0) is 36.1 Å². The molecule has 1 fully saturated rings. The molecule has 18 heavy (non-hydrogen) atoms. The van der Waals surface area contributed by atoms with E-state index in [-0.39, 0.29) is 5.41 Å². The summed E-state index contributed by atoms with van der Waals surface area (Å²) in [5.41, 5.74) is -0.634. The second-order valence-corrected chi connectivity index (χ2v) is 7.05. The van der Waals surface area contributed by atoms with Crippen molar-refractivity contribution in [1.82, 2.24) is 5.32 Å². The average Bonchev–Trinajstić information content (AvgIpc) is 2.77. The van der Waals surface area contributed by atoms with Crippen molar-refractivity contribution in [1.29, 1.82) is 0 Å². The molecular weight excluding hydrogens is 246 g/mol. The van der Waals surface area contributed by atoms with Crippen LogP contribution in [0, 0.1) is 5.41 Å². The second-order valence-electron chi connectivity index (χ2n) is 6.01. The number of hydrogen-bond acceptors (Lipinski definition) is 3. The standard InChI is InChI=1S/C14H21NO2S/c1-13(2)6-4-7-14(10-13,12(16)17)15-9-11-5-3-8-18-11/h3,5,8,15H,4,6-7,9-10H2,1-2H3,(H,16,17). The fourth-order valence-electron chi connectivity index (χ4n) is 2.94. The summed E-state index contributed by atoms with van der Waals surface area (Å²) in [6.07, 6.45) is 3.54. The second kappa shape index (κ2) is 5.02. The summed E-state index contributed by atoms with van der Waals surface area (Å²) in [6, 6.07) is 4.04. The van der Waals surface area contributed by atoms with Crippen LogP contribution in [0.25, 0.3) is 0 Å². The molecule has 0 amide bonds. The lowest BCUT2D eigenvalue weighted by Gasteiger charge is -2.42. The van der Waals surface area contributed by atoms with E-state index in [4.69, 9.17) is 0 Å². The molecule has 100 valence electrons. The Bertz CT molecular complexity index is 413. The molecule has 1 aliphatic carbocycles. The summed E-state index contributed by atoms with van der Waals surface area (Å²) in [6.45, 7) is 4.98. The van der Waals surface area contributed by atoms with Gasteiger partial charge in [0.2, 0.25) is 0 Å². The van der Waals surface area contributed by atoms with Crippen LogP contribution in [0.3, 0.4) is 0 Å². The molecule has 4 heteroatoms. The largest absolute Gasteiger partial charge is 0.480 e. The smallest absolute Gasteiger partial charge is 0.323 e. The molecule has 1 aromatic rings. The zero-order valence-electron chi connectivity index (χ0n) is 11.0. The van der Waals surface area contributed by atoms with Crippen molar-refractivity contribution < 1.29 is 9.90 Å². The third kappa shape index (κ3) is 2.93. The molecule has 2 rings (SSSR count). The van der Waals surface area contributed by atoms with Gasteiger partial charge in [-0.15, -0.1) is 11.3 Å². The van der Waals surface area contributed by atoms with Crippen LogP contribution in [0.1, 0.15) is 44.4 Å². The highest BCUT2D eigenvalue weighted by molar-refractivity contribution is 7.09. The van der Waals surface area contributed by atoms with Gasteiger partial charge in [-0.3, -0.25) is 10.1 Å². The van der Waals surface area contributed by atoms with E-state index >= 15 is 0 Å². The van der Waals surface area contributed by atoms with E-state index in [1.54, 1.807) is 11.3 Å². The Balaban J connectivity index is 2.09. The summed E-state index contributed by atoms with van der Waals surface area (Å²) >= 11 is 1.67. The quantitative estimate of drug-likeness (QED) is 0.880. The monoisotopic (exact) mass is 267 g/mol. The molecular formula is C14H21NO2S. The van der Waals surface area contributed by atoms with E-state index < -0.39 is 11.5 Å². The van der Waals surface area contributed by atoms with Crippen molar-refractivity contribution in [3.05, 3.63) is 22.4 Å². The highest BCUT2D eigenvalue weighted by Gasteiger charge is 2.45. The fourth-order valence-corrected chi connectivity index (χ4v) is 3.59. The molecule has 1 saturated carbocycles. The minimum Gasteiger partial charge on any atom is -0.480 e. The summed E-state index contributed by atoms with van der Waals surface area (Å²) < 4.78 is 0. The van der Waals surface area contributed by atoms with Crippen LogP contribution in [0.15, 0.2) is 17.5 Å². The number of aliphatic carboxylic acids is 1. The molecule has 1 atom stereocenters. The van der Waals surface area contributed by atoms with Gasteiger partial charge >= 0.3 is 5.97 Å². The van der Waals surface area contributed by atoms with Gasteiger partial charge in [0, 0.05) is 11.4 Å². The molecule has 0 bridgehead atoms. The van der Waals surface area contributed by atoms with E-state index in [1.807, 2.05) is 17.5 Å². The van der Waals surface area contributed by atoms with Crippen LogP contribution >= 0.6 is 11.3 Å². The number of carboxylic acid groups (broad SMARTS) is 1. The maximum absolute atomic E-state index is 11.7. The molecule has 1 aromatic heterocycles. The van der Waals surface area contributed by atoms with Crippen LogP contribution in [-0.2, 0) is 11.3 Å². The number of nitrogens with one attached hydrogen (secondary N) is 1. The summed E-state index contributed by atoms with van der Waals surface area (Å²) in [4.78, 5) is 12.9. The van der Waals surface area contributed by atoms with E-state index in [0.717, 1.165) is 19.3 Å². The SMILES string of the molecule is CC1(C)CCCC(NCc2cccs2)(C(=O)O)C1. The van der Waals surface area contributed by atoms with E-state index in [0.29, 0.717) is 13.0 Å². The van der Waals surface area contributed by atoms with Gasteiger partial charge in [-0.25, -0.2) is 0 Å².